The van der Waals surface area contributed by atoms with E-state index in [1.165, 1.54) is 12.5 Å². The van der Waals surface area contributed by atoms with Crippen LogP contribution >= 0.6 is 0 Å². The molecular weight excluding hydrogens is 340 g/mol. The fourth-order valence-corrected chi connectivity index (χ4v) is 7.61. The number of esters is 1. The van der Waals surface area contributed by atoms with Gasteiger partial charge in [0, 0.05) is 18.8 Å². The van der Waals surface area contributed by atoms with Crippen LogP contribution in [0, 0.1) is 34.5 Å². The highest BCUT2D eigenvalue weighted by atomic mass is 16.5. The number of hydrogen-bond acceptors (Lipinski definition) is 4. The third kappa shape index (κ3) is 2.58. The third-order valence-electron chi connectivity index (χ3n) is 9.09. The summed E-state index contributed by atoms with van der Waals surface area (Å²) in [4.78, 5) is 24.3. The maximum Gasteiger partial charge on any atom is 0.302 e. The van der Waals surface area contributed by atoms with Gasteiger partial charge in [0.25, 0.3) is 0 Å². The normalized spacial score (nSPS) is 46.6. The molecule has 4 heteroatoms. The van der Waals surface area contributed by atoms with Crippen LogP contribution in [0.1, 0.15) is 72.6 Å². The number of aliphatic hydroxyl groups excluding tert-OH is 1. The van der Waals surface area contributed by atoms with Crippen LogP contribution in [0.2, 0.25) is 0 Å². The molecule has 3 saturated carbocycles. The number of ether oxygens (including phenoxy) is 1. The average Bonchev–Trinajstić information content (AvgIpc) is 2.93. The molecule has 4 aliphatic rings. The third-order valence-corrected chi connectivity index (χ3v) is 9.09. The van der Waals surface area contributed by atoms with Crippen LogP contribution in [0.4, 0.5) is 0 Å². The van der Waals surface area contributed by atoms with E-state index in [4.69, 9.17) is 4.74 Å². The van der Waals surface area contributed by atoms with E-state index in [0.717, 1.165) is 44.1 Å². The predicted molar refractivity (Wildman–Crippen MR) is 103 cm³/mol. The Labute approximate surface area is 162 Å². The molecule has 27 heavy (non-hydrogen) atoms. The van der Waals surface area contributed by atoms with Gasteiger partial charge in [-0.15, -0.1) is 0 Å². The Bertz CT molecular complexity index is 694. The molecule has 0 heterocycles. The molecule has 0 spiro atoms. The van der Waals surface area contributed by atoms with Crippen molar-refractivity contribution in [2.75, 3.05) is 6.61 Å². The SMILES string of the molecule is CC(=O)OC[C@@]12C(=C(C)C(=O)C[C@@H]1C)CC[C@H]1[C@@H]3CC[C@H](O)[C@@]3(C)CC[C@@H]12. The van der Waals surface area contributed by atoms with E-state index in [-0.39, 0.29) is 34.6 Å². The van der Waals surface area contributed by atoms with Crippen molar-refractivity contribution in [1.82, 2.24) is 0 Å². The molecule has 0 amide bonds. The van der Waals surface area contributed by atoms with Crippen LogP contribution in [-0.2, 0) is 14.3 Å². The highest BCUT2D eigenvalue weighted by Gasteiger charge is 2.62. The second-order valence-electron chi connectivity index (χ2n) is 10.0. The van der Waals surface area contributed by atoms with Crippen molar-refractivity contribution in [2.24, 2.45) is 34.5 Å². The Hall–Kier alpha value is -1.16. The Morgan fingerprint density at radius 1 is 1.22 bits per heavy atom. The van der Waals surface area contributed by atoms with Gasteiger partial charge < -0.3 is 9.84 Å². The van der Waals surface area contributed by atoms with E-state index >= 15 is 0 Å². The smallest absolute Gasteiger partial charge is 0.302 e. The molecule has 0 radical (unpaired) electrons. The second kappa shape index (κ2) is 6.43. The summed E-state index contributed by atoms with van der Waals surface area (Å²) in [6, 6.07) is 0. The van der Waals surface area contributed by atoms with E-state index in [1.807, 2.05) is 6.92 Å². The van der Waals surface area contributed by atoms with Gasteiger partial charge in [0.1, 0.15) is 6.61 Å². The van der Waals surface area contributed by atoms with Gasteiger partial charge in [0.15, 0.2) is 5.78 Å². The minimum atomic E-state index is -0.232. The summed E-state index contributed by atoms with van der Waals surface area (Å²) >= 11 is 0. The molecule has 0 aliphatic heterocycles. The van der Waals surface area contributed by atoms with Crippen molar-refractivity contribution < 1.29 is 19.4 Å². The molecule has 0 aromatic carbocycles. The zero-order chi connectivity index (χ0) is 19.6. The van der Waals surface area contributed by atoms with E-state index < -0.39 is 0 Å². The number of carbonyl (C=O) groups is 2. The lowest BCUT2D eigenvalue weighted by atomic mass is 9.44. The summed E-state index contributed by atoms with van der Waals surface area (Å²) < 4.78 is 5.67. The van der Waals surface area contributed by atoms with Crippen LogP contribution in [0.25, 0.3) is 0 Å². The predicted octanol–water partition coefficient (Wildman–Crippen LogP) is 4.06. The molecule has 0 unspecified atom stereocenters. The van der Waals surface area contributed by atoms with E-state index in [1.54, 1.807) is 0 Å². The Balaban J connectivity index is 1.78. The fraction of sp³-hybridized carbons (Fsp3) is 0.826. The summed E-state index contributed by atoms with van der Waals surface area (Å²) in [6.45, 7) is 8.36. The van der Waals surface area contributed by atoms with Crippen molar-refractivity contribution in [3.05, 3.63) is 11.1 Å². The lowest BCUT2D eigenvalue weighted by Gasteiger charge is -2.60. The standard InChI is InChI=1S/C23H34O4/c1-13-11-20(25)14(2)17-6-5-16-18-7-8-21(26)22(18,4)10-9-19(16)23(13,17)12-27-15(3)24/h13,16,18-19,21,26H,5-12H2,1-4H3/t13-,16-,18-,19-,21-,22-,23-/m0/s1. The molecule has 0 saturated heterocycles. The van der Waals surface area contributed by atoms with Crippen molar-refractivity contribution in [3.8, 4) is 0 Å². The van der Waals surface area contributed by atoms with Crippen molar-refractivity contribution in [1.29, 1.82) is 0 Å². The van der Waals surface area contributed by atoms with Gasteiger partial charge in [-0.2, -0.15) is 0 Å². The zero-order valence-corrected chi connectivity index (χ0v) is 17.2. The van der Waals surface area contributed by atoms with E-state index in [9.17, 15) is 14.7 Å². The van der Waals surface area contributed by atoms with Gasteiger partial charge in [-0.1, -0.05) is 19.4 Å². The number of aliphatic hydroxyl groups is 1. The van der Waals surface area contributed by atoms with Gasteiger partial charge in [-0.25, -0.2) is 0 Å². The van der Waals surface area contributed by atoms with Gasteiger partial charge in [0.2, 0.25) is 0 Å². The molecule has 4 rings (SSSR count). The Kier molecular flexibility index (Phi) is 4.57. The lowest BCUT2D eigenvalue weighted by molar-refractivity contribution is -0.154. The van der Waals surface area contributed by atoms with Crippen LogP contribution in [-0.4, -0.2) is 29.6 Å². The highest BCUT2D eigenvalue weighted by molar-refractivity contribution is 5.97. The maximum absolute atomic E-state index is 12.6. The Morgan fingerprint density at radius 3 is 2.67 bits per heavy atom. The first-order chi connectivity index (χ1) is 12.7. The maximum atomic E-state index is 12.6. The van der Waals surface area contributed by atoms with Crippen LogP contribution in [0.5, 0.6) is 0 Å². The summed E-state index contributed by atoms with van der Waals surface area (Å²) in [6.07, 6.45) is 6.53. The minimum absolute atomic E-state index is 0.0355. The molecule has 0 bridgehead atoms. The second-order valence-corrected chi connectivity index (χ2v) is 10.0. The summed E-state index contributed by atoms with van der Waals surface area (Å²) in [7, 11) is 0. The molecular formula is C23H34O4. The number of Topliss-reactive ketones (excluding diaryl/α,β-unsaturated/α-hetero) is 1. The first kappa shape index (κ1) is 19.2. The molecule has 4 nitrogen and oxygen atoms in total. The van der Waals surface area contributed by atoms with Crippen LogP contribution in [0.3, 0.4) is 0 Å². The van der Waals surface area contributed by atoms with Gasteiger partial charge in [-0.3, -0.25) is 9.59 Å². The van der Waals surface area contributed by atoms with Gasteiger partial charge in [0.05, 0.1) is 6.10 Å². The molecule has 0 aromatic heterocycles. The molecule has 4 aliphatic carbocycles. The van der Waals surface area contributed by atoms with E-state index in [0.29, 0.717) is 30.8 Å². The number of ketones is 1. The number of carbonyl (C=O) groups excluding carboxylic acids is 2. The summed E-state index contributed by atoms with van der Waals surface area (Å²) in [5.74, 6) is 1.79. The van der Waals surface area contributed by atoms with Crippen molar-refractivity contribution >= 4 is 11.8 Å². The Morgan fingerprint density at radius 2 is 1.96 bits per heavy atom. The van der Waals surface area contributed by atoms with E-state index in [2.05, 4.69) is 13.8 Å². The van der Waals surface area contributed by atoms with Crippen LogP contribution in [0.15, 0.2) is 11.1 Å². The first-order valence-electron chi connectivity index (χ1n) is 10.8. The topological polar surface area (TPSA) is 63.6 Å². The first-order valence-corrected chi connectivity index (χ1v) is 10.8. The number of fused-ring (bicyclic) bond motifs is 5. The monoisotopic (exact) mass is 374 g/mol. The fourth-order valence-electron chi connectivity index (χ4n) is 7.61. The highest BCUT2D eigenvalue weighted by Crippen LogP contribution is 2.67. The quantitative estimate of drug-likeness (QED) is 0.741. The molecule has 0 aromatic rings. The summed E-state index contributed by atoms with van der Waals surface area (Å²) in [5, 5.41) is 10.7. The van der Waals surface area contributed by atoms with Crippen molar-refractivity contribution in [3.63, 3.8) is 0 Å². The number of rotatable bonds is 2. The minimum Gasteiger partial charge on any atom is -0.465 e. The largest absolute Gasteiger partial charge is 0.465 e. The molecule has 7 atom stereocenters. The average molecular weight is 375 g/mol. The zero-order valence-electron chi connectivity index (χ0n) is 17.2. The molecule has 3 fully saturated rings. The van der Waals surface area contributed by atoms with Gasteiger partial charge >= 0.3 is 5.97 Å². The van der Waals surface area contributed by atoms with Crippen molar-refractivity contribution in [2.45, 2.75) is 78.7 Å². The van der Waals surface area contributed by atoms with Crippen LogP contribution < -0.4 is 0 Å². The molecule has 1 N–H and O–H groups in total. The number of hydrogen-bond donors (Lipinski definition) is 1. The lowest BCUT2D eigenvalue weighted by Crippen LogP contribution is -2.57. The summed E-state index contributed by atoms with van der Waals surface area (Å²) in [5.41, 5.74) is 2.05. The van der Waals surface area contributed by atoms with Gasteiger partial charge in [-0.05, 0) is 80.1 Å². The molecule has 150 valence electrons.